The molecular formula is C20H19ClN4O3S. The van der Waals surface area contributed by atoms with E-state index in [4.69, 9.17) is 11.6 Å². The zero-order chi connectivity index (χ0) is 21.1. The molecule has 9 heteroatoms. The number of aromatic nitrogens is 2. The SMILES string of the molecule is CNC(=O)NC(=O)C(C)Sc1nc2cc(Cl)ccc2c(=O)n1-c1cccc(C)c1. The van der Waals surface area contributed by atoms with E-state index in [1.54, 1.807) is 31.2 Å². The Kier molecular flexibility index (Phi) is 6.24. The lowest BCUT2D eigenvalue weighted by Crippen LogP contribution is -2.41. The molecule has 2 N–H and O–H groups in total. The summed E-state index contributed by atoms with van der Waals surface area (Å²) in [6, 6.07) is 11.7. The Labute approximate surface area is 176 Å². The van der Waals surface area contributed by atoms with Gasteiger partial charge in [0.25, 0.3) is 5.56 Å². The number of hydrogen-bond donors (Lipinski definition) is 2. The van der Waals surface area contributed by atoms with Crippen molar-refractivity contribution in [2.24, 2.45) is 0 Å². The molecule has 150 valence electrons. The van der Waals surface area contributed by atoms with E-state index < -0.39 is 17.2 Å². The molecule has 3 amide bonds. The molecule has 0 saturated carbocycles. The van der Waals surface area contributed by atoms with Crippen LogP contribution in [0.5, 0.6) is 0 Å². The third kappa shape index (κ3) is 4.60. The van der Waals surface area contributed by atoms with Crippen LogP contribution >= 0.6 is 23.4 Å². The number of imide groups is 1. The maximum Gasteiger partial charge on any atom is 0.321 e. The van der Waals surface area contributed by atoms with Gasteiger partial charge in [-0.1, -0.05) is 35.5 Å². The maximum absolute atomic E-state index is 13.2. The van der Waals surface area contributed by atoms with Gasteiger partial charge in [0.1, 0.15) is 0 Å². The van der Waals surface area contributed by atoms with Crippen LogP contribution in [-0.2, 0) is 4.79 Å². The van der Waals surface area contributed by atoms with Gasteiger partial charge in [0.2, 0.25) is 5.91 Å². The highest BCUT2D eigenvalue weighted by Gasteiger charge is 2.21. The lowest BCUT2D eigenvalue weighted by atomic mass is 10.2. The number of hydrogen-bond acceptors (Lipinski definition) is 5. The molecule has 0 radical (unpaired) electrons. The van der Waals surface area contributed by atoms with E-state index in [-0.39, 0.29) is 5.56 Å². The molecule has 3 rings (SSSR count). The molecule has 1 unspecified atom stereocenters. The molecule has 2 aromatic carbocycles. The molecule has 0 saturated heterocycles. The van der Waals surface area contributed by atoms with E-state index in [1.165, 1.54) is 11.6 Å². The molecule has 7 nitrogen and oxygen atoms in total. The van der Waals surface area contributed by atoms with E-state index in [1.807, 2.05) is 25.1 Å². The van der Waals surface area contributed by atoms with Crippen molar-refractivity contribution in [1.82, 2.24) is 20.2 Å². The van der Waals surface area contributed by atoms with E-state index >= 15 is 0 Å². The molecule has 1 aromatic heterocycles. The number of rotatable bonds is 4. The summed E-state index contributed by atoms with van der Waals surface area (Å²) >= 11 is 7.15. The zero-order valence-electron chi connectivity index (χ0n) is 16.0. The first-order valence-electron chi connectivity index (χ1n) is 8.78. The predicted octanol–water partition coefficient (Wildman–Crippen LogP) is 3.28. The smallest absolute Gasteiger partial charge is 0.321 e. The number of amides is 3. The van der Waals surface area contributed by atoms with Crippen molar-refractivity contribution in [3.63, 3.8) is 0 Å². The number of aryl methyl sites for hydroxylation is 1. The lowest BCUT2D eigenvalue weighted by molar-refractivity contribution is -0.119. The molecule has 0 fully saturated rings. The van der Waals surface area contributed by atoms with Gasteiger partial charge in [-0.05, 0) is 49.7 Å². The average molecular weight is 431 g/mol. The number of thioether (sulfide) groups is 1. The first kappa shape index (κ1) is 20.9. The van der Waals surface area contributed by atoms with Crippen molar-refractivity contribution in [1.29, 1.82) is 0 Å². The summed E-state index contributed by atoms with van der Waals surface area (Å²) in [4.78, 5) is 41.6. The number of urea groups is 1. The van der Waals surface area contributed by atoms with Gasteiger partial charge in [-0.25, -0.2) is 9.78 Å². The third-order valence-electron chi connectivity index (χ3n) is 4.18. The van der Waals surface area contributed by atoms with Crippen LogP contribution in [0.2, 0.25) is 5.02 Å². The minimum Gasteiger partial charge on any atom is -0.341 e. The van der Waals surface area contributed by atoms with Crippen LogP contribution in [0.1, 0.15) is 12.5 Å². The van der Waals surface area contributed by atoms with Crippen LogP contribution in [-0.4, -0.2) is 33.8 Å². The molecule has 0 bridgehead atoms. The Balaban J connectivity index is 2.13. The summed E-state index contributed by atoms with van der Waals surface area (Å²) in [5.74, 6) is -0.495. The first-order chi connectivity index (χ1) is 13.8. The van der Waals surface area contributed by atoms with Gasteiger partial charge < -0.3 is 5.32 Å². The Bertz CT molecular complexity index is 1160. The van der Waals surface area contributed by atoms with Crippen molar-refractivity contribution in [2.45, 2.75) is 24.3 Å². The Morgan fingerprint density at radius 1 is 1.21 bits per heavy atom. The van der Waals surface area contributed by atoms with Crippen molar-refractivity contribution in [3.05, 3.63) is 63.4 Å². The Morgan fingerprint density at radius 3 is 2.66 bits per heavy atom. The van der Waals surface area contributed by atoms with Gasteiger partial charge >= 0.3 is 6.03 Å². The van der Waals surface area contributed by atoms with Gasteiger partial charge in [0.05, 0.1) is 21.8 Å². The largest absolute Gasteiger partial charge is 0.341 e. The summed E-state index contributed by atoms with van der Waals surface area (Å²) in [7, 11) is 1.42. The predicted molar refractivity (Wildman–Crippen MR) is 115 cm³/mol. The molecule has 0 aliphatic rings. The van der Waals surface area contributed by atoms with Gasteiger partial charge in [-0.3, -0.25) is 19.5 Å². The van der Waals surface area contributed by atoms with Crippen LogP contribution in [0, 0.1) is 6.92 Å². The number of carbonyl (C=O) groups is 2. The fourth-order valence-electron chi connectivity index (χ4n) is 2.70. The van der Waals surface area contributed by atoms with E-state index in [0.717, 1.165) is 17.3 Å². The molecule has 0 aliphatic carbocycles. The fourth-order valence-corrected chi connectivity index (χ4v) is 3.79. The summed E-state index contributed by atoms with van der Waals surface area (Å²) in [5.41, 5.74) is 1.79. The molecule has 0 spiro atoms. The average Bonchev–Trinajstić information content (AvgIpc) is 2.67. The maximum atomic E-state index is 13.2. The second-order valence-corrected chi connectivity index (χ2v) is 8.11. The van der Waals surface area contributed by atoms with Crippen LogP contribution in [0.15, 0.2) is 52.4 Å². The number of carbonyl (C=O) groups excluding carboxylic acids is 2. The van der Waals surface area contributed by atoms with Gasteiger partial charge in [-0.2, -0.15) is 0 Å². The normalized spacial score (nSPS) is 11.9. The van der Waals surface area contributed by atoms with Crippen LogP contribution in [0.3, 0.4) is 0 Å². The number of fused-ring (bicyclic) bond motifs is 1. The molecule has 1 heterocycles. The zero-order valence-corrected chi connectivity index (χ0v) is 17.6. The molecule has 29 heavy (non-hydrogen) atoms. The number of benzene rings is 2. The first-order valence-corrected chi connectivity index (χ1v) is 10.0. The summed E-state index contributed by atoms with van der Waals surface area (Å²) in [5, 5.41) is 5.10. The Morgan fingerprint density at radius 2 is 1.97 bits per heavy atom. The quantitative estimate of drug-likeness (QED) is 0.489. The molecule has 1 atom stereocenters. The van der Waals surface area contributed by atoms with Crippen molar-refractivity contribution < 1.29 is 9.59 Å². The summed E-state index contributed by atoms with van der Waals surface area (Å²) in [6.45, 7) is 3.56. The van der Waals surface area contributed by atoms with E-state index in [0.29, 0.717) is 26.8 Å². The van der Waals surface area contributed by atoms with Gasteiger partial charge in [0.15, 0.2) is 5.16 Å². The van der Waals surface area contributed by atoms with Crippen LogP contribution in [0.4, 0.5) is 4.79 Å². The van der Waals surface area contributed by atoms with Gasteiger partial charge in [-0.15, -0.1) is 0 Å². The molecular weight excluding hydrogens is 412 g/mol. The molecule has 3 aromatic rings. The standard InChI is InChI=1S/C20H19ClN4O3S/c1-11-5-4-6-14(9-11)25-18(27)15-8-7-13(21)10-16(15)23-20(25)29-12(2)17(26)24-19(28)22-3/h4-10,12H,1-3H3,(H2,22,24,26,28). The van der Waals surface area contributed by atoms with Crippen molar-refractivity contribution >= 4 is 46.2 Å². The minimum atomic E-state index is -0.674. The fraction of sp³-hybridized carbons (Fsp3) is 0.200. The van der Waals surface area contributed by atoms with Gasteiger partial charge in [0, 0.05) is 12.1 Å². The second-order valence-electron chi connectivity index (χ2n) is 6.36. The second kappa shape index (κ2) is 8.67. The highest BCUT2D eigenvalue weighted by atomic mass is 35.5. The van der Waals surface area contributed by atoms with E-state index in [9.17, 15) is 14.4 Å². The highest BCUT2D eigenvalue weighted by molar-refractivity contribution is 8.00. The number of nitrogens with zero attached hydrogens (tertiary/aromatic N) is 2. The third-order valence-corrected chi connectivity index (χ3v) is 5.46. The van der Waals surface area contributed by atoms with Crippen LogP contribution in [0.25, 0.3) is 16.6 Å². The monoisotopic (exact) mass is 430 g/mol. The molecule has 0 aliphatic heterocycles. The number of halogens is 1. The highest BCUT2D eigenvalue weighted by Crippen LogP contribution is 2.26. The minimum absolute atomic E-state index is 0.265. The summed E-state index contributed by atoms with van der Waals surface area (Å²) in [6.07, 6.45) is 0. The summed E-state index contributed by atoms with van der Waals surface area (Å²) < 4.78 is 1.47. The Hall–Kier alpha value is -2.84. The topological polar surface area (TPSA) is 93.1 Å². The van der Waals surface area contributed by atoms with Crippen LogP contribution < -0.4 is 16.2 Å². The van der Waals surface area contributed by atoms with E-state index in [2.05, 4.69) is 15.6 Å². The lowest BCUT2D eigenvalue weighted by Gasteiger charge is -2.16. The number of nitrogens with one attached hydrogen (secondary N) is 2. The van der Waals surface area contributed by atoms with Crippen molar-refractivity contribution in [2.75, 3.05) is 7.05 Å². The van der Waals surface area contributed by atoms with Crippen molar-refractivity contribution in [3.8, 4) is 5.69 Å².